The SMILES string of the molecule is CC(C)(C)CC1=NCCN1CCNC(=O)C(C)(C)C. The highest BCUT2D eigenvalue weighted by atomic mass is 16.2. The molecule has 0 aromatic carbocycles. The van der Waals surface area contributed by atoms with Crippen molar-refractivity contribution in [2.24, 2.45) is 15.8 Å². The lowest BCUT2D eigenvalue weighted by atomic mass is 9.91. The fourth-order valence-electron chi connectivity index (χ4n) is 1.98. The van der Waals surface area contributed by atoms with E-state index >= 15 is 0 Å². The van der Waals surface area contributed by atoms with E-state index in [0.717, 1.165) is 26.1 Å². The van der Waals surface area contributed by atoms with Crippen molar-refractivity contribution in [2.75, 3.05) is 26.2 Å². The maximum atomic E-state index is 11.8. The molecule has 110 valence electrons. The van der Waals surface area contributed by atoms with Crippen LogP contribution in [0.15, 0.2) is 4.99 Å². The molecule has 19 heavy (non-hydrogen) atoms. The van der Waals surface area contributed by atoms with Crippen LogP contribution in [0.3, 0.4) is 0 Å². The lowest BCUT2D eigenvalue weighted by Gasteiger charge is -2.26. The third-order valence-corrected chi connectivity index (χ3v) is 3.07. The molecule has 0 radical (unpaired) electrons. The minimum atomic E-state index is -0.312. The number of rotatable bonds is 4. The minimum absolute atomic E-state index is 0.112. The van der Waals surface area contributed by atoms with Crippen LogP contribution < -0.4 is 5.32 Å². The number of nitrogens with one attached hydrogen (secondary N) is 1. The van der Waals surface area contributed by atoms with Gasteiger partial charge < -0.3 is 10.2 Å². The lowest BCUT2D eigenvalue weighted by molar-refractivity contribution is -0.128. The van der Waals surface area contributed by atoms with Crippen LogP contribution in [0.4, 0.5) is 0 Å². The summed E-state index contributed by atoms with van der Waals surface area (Å²) in [6.45, 7) is 15.9. The monoisotopic (exact) mass is 267 g/mol. The van der Waals surface area contributed by atoms with Gasteiger partial charge in [0.1, 0.15) is 0 Å². The zero-order valence-corrected chi connectivity index (χ0v) is 13.3. The Morgan fingerprint density at radius 3 is 2.42 bits per heavy atom. The first-order valence-electron chi connectivity index (χ1n) is 7.16. The number of carbonyl (C=O) groups excluding carboxylic acids is 1. The van der Waals surface area contributed by atoms with Crippen LogP contribution in [0.5, 0.6) is 0 Å². The molecule has 4 heteroatoms. The Morgan fingerprint density at radius 2 is 1.89 bits per heavy atom. The summed E-state index contributed by atoms with van der Waals surface area (Å²) >= 11 is 0. The molecule has 1 N–H and O–H groups in total. The van der Waals surface area contributed by atoms with Crippen LogP contribution >= 0.6 is 0 Å². The maximum Gasteiger partial charge on any atom is 0.225 e. The van der Waals surface area contributed by atoms with Gasteiger partial charge in [0.2, 0.25) is 5.91 Å². The van der Waals surface area contributed by atoms with Crippen molar-refractivity contribution >= 4 is 11.7 Å². The van der Waals surface area contributed by atoms with Gasteiger partial charge in [0.25, 0.3) is 0 Å². The number of hydrogen-bond donors (Lipinski definition) is 1. The van der Waals surface area contributed by atoms with Crippen molar-refractivity contribution in [3.63, 3.8) is 0 Å². The highest BCUT2D eigenvalue weighted by molar-refractivity contribution is 5.84. The summed E-state index contributed by atoms with van der Waals surface area (Å²) in [5.74, 6) is 1.30. The highest BCUT2D eigenvalue weighted by Gasteiger charge is 2.24. The maximum absolute atomic E-state index is 11.8. The lowest BCUT2D eigenvalue weighted by Crippen LogP contribution is -2.41. The zero-order valence-electron chi connectivity index (χ0n) is 13.3. The molecule has 0 aromatic rings. The highest BCUT2D eigenvalue weighted by Crippen LogP contribution is 2.22. The quantitative estimate of drug-likeness (QED) is 0.849. The largest absolute Gasteiger partial charge is 0.357 e. The summed E-state index contributed by atoms with van der Waals surface area (Å²) in [7, 11) is 0. The van der Waals surface area contributed by atoms with Crippen molar-refractivity contribution in [1.29, 1.82) is 0 Å². The summed E-state index contributed by atoms with van der Waals surface area (Å²) in [4.78, 5) is 18.7. The van der Waals surface area contributed by atoms with Gasteiger partial charge in [-0.1, -0.05) is 41.5 Å². The van der Waals surface area contributed by atoms with Crippen LogP contribution in [0.25, 0.3) is 0 Å². The average molecular weight is 267 g/mol. The van der Waals surface area contributed by atoms with E-state index in [-0.39, 0.29) is 16.7 Å². The average Bonchev–Trinajstić information content (AvgIpc) is 2.61. The van der Waals surface area contributed by atoms with E-state index in [1.807, 2.05) is 20.8 Å². The third kappa shape index (κ3) is 5.62. The standard InChI is InChI=1S/C15H29N3O/c1-14(2,3)11-12-16-7-9-18(12)10-8-17-13(19)15(4,5)6/h7-11H2,1-6H3,(H,17,19). The van der Waals surface area contributed by atoms with Gasteiger partial charge in [-0.3, -0.25) is 9.79 Å². The molecule has 0 aromatic heterocycles. The van der Waals surface area contributed by atoms with Crippen molar-refractivity contribution in [2.45, 2.75) is 48.0 Å². The Bertz CT molecular complexity index is 347. The first-order chi connectivity index (χ1) is 8.59. The van der Waals surface area contributed by atoms with Crippen molar-refractivity contribution < 1.29 is 4.79 Å². The van der Waals surface area contributed by atoms with E-state index < -0.39 is 0 Å². The molecule has 0 unspecified atom stereocenters. The fourth-order valence-corrected chi connectivity index (χ4v) is 1.98. The smallest absolute Gasteiger partial charge is 0.225 e. The van der Waals surface area contributed by atoms with Crippen LogP contribution in [-0.2, 0) is 4.79 Å². The Kier molecular flexibility index (Phi) is 4.99. The molecule has 1 aliphatic rings. The van der Waals surface area contributed by atoms with Crippen molar-refractivity contribution in [3.05, 3.63) is 0 Å². The predicted molar refractivity (Wildman–Crippen MR) is 80.4 cm³/mol. The number of nitrogens with zero attached hydrogens (tertiary/aromatic N) is 2. The molecule has 0 fully saturated rings. The molecular formula is C15H29N3O. The molecular weight excluding hydrogens is 238 g/mol. The second kappa shape index (κ2) is 5.93. The van der Waals surface area contributed by atoms with E-state index in [2.05, 4.69) is 36.0 Å². The Labute approximate surface area is 117 Å². The normalized spacial score (nSPS) is 16.5. The molecule has 0 saturated carbocycles. The zero-order chi connectivity index (χ0) is 14.7. The Balaban J connectivity index is 2.38. The number of aliphatic imine (C=N–C) groups is 1. The Morgan fingerprint density at radius 1 is 1.26 bits per heavy atom. The molecule has 0 saturated heterocycles. The van der Waals surface area contributed by atoms with Gasteiger partial charge in [0, 0.05) is 31.5 Å². The van der Waals surface area contributed by atoms with Gasteiger partial charge in [-0.15, -0.1) is 0 Å². The first-order valence-corrected chi connectivity index (χ1v) is 7.16. The van der Waals surface area contributed by atoms with E-state index in [1.54, 1.807) is 0 Å². The summed E-state index contributed by atoms with van der Waals surface area (Å²) in [6.07, 6.45) is 1.00. The molecule has 1 heterocycles. The topological polar surface area (TPSA) is 44.7 Å². The first kappa shape index (κ1) is 16.0. The molecule has 0 atom stereocenters. The van der Waals surface area contributed by atoms with Gasteiger partial charge in [0.15, 0.2) is 0 Å². The van der Waals surface area contributed by atoms with Crippen LogP contribution in [-0.4, -0.2) is 42.8 Å². The molecule has 0 bridgehead atoms. The molecule has 1 aliphatic heterocycles. The van der Waals surface area contributed by atoms with Gasteiger partial charge in [-0.2, -0.15) is 0 Å². The van der Waals surface area contributed by atoms with Crippen LogP contribution in [0, 0.1) is 10.8 Å². The molecule has 0 aliphatic carbocycles. The number of amidine groups is 1. The van der Waals surface area contributed by atoms with Crippen LogP contribution in [0.1, 0.15) is 48.0 Å². The summed E-state index contributed by atoms with van der Waals surface area (Å²) in [6, 6.07) is 0. The van der Waals surface area contributed by atoms with E-state index in [4.69, 9.17) is 0 Å². The molecule has 4 nitrogen and oxygen atoms in total. The molecule has 1 rings (SSSR count). The third-order valence-electron chi connectivity index (χ3n) is 3.07. The number of carbonyl (C=O) groups is 1. The number of amides is 1. The van der Waals surface area contributed by atoms with Gasteiger partial charge in [0.05, 0.1) is 12.4 Å². The number of hydrogen-bond acceptors (Lipinski definition) is 3. The summed E-state index contributed by atoms with van der Waals surface area (Å²) in [5, 5.41) is 3.00. The molecule has 0 spiro atoms. The second-order valence-corrected chi connectivity index (χ2v) is 7.53. The van der Waals surface area contributed by atoms with E-state index in [0.29, 0.717) is 6.54 Å². The minimum Gasteiger partial charge on any atom is -0.357 e. The van der Waals surface area contributed by atoms with E-state index in [9.17, 15) is 4.79 Å². The van der Waals surface area contributed by atoms with Crippen LogP contribution in [0.2, 0.25) is 0 Å². The van der Waals surface area contributed by atoms with Gasteiger partial charge >= 0.3 is 0 Å². The van der Waals surface area contributed by atoms with Crippen molar-refractivity contribution in [3.8, 4) is 0 Å². The predicted octanol–water partition coefficient (Wildman–Crippen LogP) is 2.30. The van der Waals surface area contributed by atoms with Gasteiger partial charge in [-0.05, 0) is 5.41 Å². The van der Waals surface area contributed by atoms with Gasteiger partial charge in [-0.25, -0.2) is 0 Å². The Hall–Kier alpha value is -1.06. The van der Waals surface area contributed by atoms with E-state index in [1.165, 1.54) is 5.84 Å². The van der Waals surface area contributed by atoms with Crippen molar-refractivity contribution in [1.82, 2.24) is 10.2 Å². The fraction of sp³-hybridized carbons (Fsp3) is 0.867. The second-order valence-electron chi connectivity index (χ2n) is 7.53. The summed E-state index contributed by atoms with van der Waals surface area (Å²) in [5.41, 5.74) is -0.0522. The molecule has 1 amide bonds. The summed E-state index contributed by atoms with van der Waals surface area (Å²) < 4.78 is 0.